The molecule has 2 aliphatic heterocycles. The van der Waals surface area contributed by atoms with Crippen molar-refractivity contribution in [2.75, 3.05) is 24.0 Å². The Kier molecular flexibility index (Phi) is 5.70. The third-order valence-electron chi connectivity index (χ3n) is 6.13. The highest BCUT2D eigenvalue weighted by Gasteiger charge is 2.40. The standard InChI is InChI=1S/C25H27N3O4S/c1-15(2)10-11-26-24(30)23-22-17-6-4-5-7-18(17)27(3)25(22)33-13-21(29)28(23)16-8-9-19-20(12-16)32-14-31-19/h4-9,12,15,23H,10-11,13-14H2,1-3H3,(H,26,30)/t23-/m0/s1. The molecule has 2 aromatic carbocycles. The lowest BCUT2D eigenvalue weighted by Gasteiger charge is -2.30. The molecule has 0 aliphatic carbocycles. The van der Waals surface area contributed by atoms with Gasteiger partial charge in [-0.25, -0.2) is 0 Å². The molecule has 3 aromatic rings. The third kappa shape index (κ3) is 3.82. The number of nitrogens with one attached hydrogen (secondary N) is 1. The molecule has 0 radical (unpaired) electrons. The Morgan fingerprint density at radius 3 is 2.79 bits per heavy atom. The number of carbonyl (C=O) groups excluding carboxylic acids is 2. The number of amides is 2. The summed E-state index contributed by atoms with van der Waals surface area (Å²) >= 11 is 1.48. The first kappa shape index (κ1) is 21.7. The predicted octanol–water partition coefficient (Wildman–Crippen LogP) is 4.25. The molecule has 0 saturated carbocycles. The molecule has 8 heteroatoms. The molecule has 0 unspecified atom stereocenters. The van der Waals surface area contributed by atoms with Gasteiger partial charge in [0.2, 0.25) is 18.6 Å². The summed E-state index contributed by atoms with van der Waals surface area (Å²) in [6.07, 6.45) is 0.869. The number of aryl methyl sites for hydroxylation is 1. The molecule has 172 valence electrons. The fraction of sp³-hybridized carbons (Fsp3) is 0.360. The van der Waals surface area contributed by atoms with Crippen molar-refractivity contribution in [2.45, 2.75) is 31.3 Å². The van der Waals surface area contributed by atoms with Crippen molar-refractivity contribution in [1.82, 2.24) is 9.88 Å². The Bertz CT molecular complexity index is 1240. The van der Waals surface area contributed by atoms with Crippen molar-refractivity contribution in [2.24, 2.45) is 13.0 Å². The Hall–Kier alpha value is -3.13. The van der Waals surface area contributed by atoms with Gasteiger partial charge in [0, 0.05) is 41.8 Å². The summed E-state index contributed by atoms with van der Waals surface area (Å²) < 4.78 is 13.1. The number of ether oxygens (including phenoxy) is 2. The molecule has 0 bridgehead atoms. The van der Waals surface area contributed by atoms with Gasteiger partial charge in [-0.15, -0.1) is 0 Å². The van der Waals surface area contributed by atoms with Crippen LogP contribution in [0.25, 0.3) is 10.9 Å². The van der Waals surface area contributed by atoms with Crippen LogP contribution >= 0.6 is 11.8 Å². The second kappa shape index (κ2) is 8.67. The van der Waals surface area contributed by atoms with Crippen LogP contribution in [-0.2, 0) is 16.6 Å². The van der Waals surface area contributed by atoms with Gasteiger partial charge in [-0.1, -0.05) is 43.8 Å². The van der Waals surface area contributed by atoms with Crippen LogP contribution in [0.1, 0.15) is 31.9 Å². The number of rotatable bonds is 5. The maximum Gasteiger partial charge on any atom is 0.247 e. The minimum atomic E-state index is -0.791. The van der Waals surface area contributed by atoms with Crippen molar-refractivity contribution < 1.29 is 19.1 Å². The van der Waals surface area contributed by atoms with Crippen LogP contribution in [-0.4, -0.2) is 35.5 Å². The second-order valence-corrected chi connectivity index (χ2v) is 9.73. The summed E-state index contributed by atoms with van der Waals surface area (Å²) in [6.45, 7) is 4.96. The number of fused-ring (bicyclic) bond motifs is 4. The van der Waals surface area contributed by atoms with E-state index in [9.17, 15) is 9.59 Å². The number of para-hydroxylation sites is 1. The molecular weight excluding hydrogens is 438 g/mol. The molecule has 0 saturated heterocycles. The van der Waals surface area contributed by atoms with E-state index < -0.39 is 6.04 Å². The van der Waals surface area contributed by atoms with Crippen LogP contribution in [0.15, 0.2) is 47.5 Å². The van der Waals surface area contributed by atoms with Crippen LogP contribution in [0, 0.1) is 5.92 Å². The van der Waals surface area contributed by atoms with Crippen molar-refractivity contribution in [1.29, 1.82) is 0 Å². The summed E-state index contributed by atoms with van der Waals surface area (Å²) in [5, 5.41) is 5.01. The topological polar surface area (TPSA) is 72.8 Å². The highest BCUT2D eigenvalue weighted by atomic mass is 32.2. The van der Waals surface area contributed by atoms with Gasteiger partial charge in [0.1, 0.15) is 6.04 Å². The first-order valence-corrected chi connectivity index (χ1v) is 12.1. The van der Waals surface area contributed by atoms with Crippen LogP contribution in [0.4, 0.5) is 5.69 Å². The molecule has 33 heavy (non-hydrogen) atoms. The average Bonchev–Trinajstić information content (AvgIpc) is 3.33. The van der Waals surface area contributed by atoms with Gasteiger partial charge in [-0.3, -0.25) is 14.5 Å². The zero-order valence-corrected chi connectivity index (χ0v) is 19.8. The Balaban J connectivity index is 1.66. The minimum Gasteiger partial charge on any atom is -0.454 e. The Morgan fingerprint density at radius 2 is 1.97 bits per heavy atom. The van der Waals surface area contributed by atoms with Gasteiger partial charge in [0.05, 0.1) is 10.8 Å². The highest BCUT2D eigenvalue weighted by molar-refractivity contribution is 8.00. The van der Waals surface area contributed by atoms with Crippen LogP contribution in [0.3, 0.4) is 0 Å². The lowest BCUT2D eigenvalue weighted by atomic mass is 10.0. The van der Waals surface area contributed by atoms with E-state index in [1.54, 1.807) is 17.0 Å². The molecule has 2 aliphatic rings. The van der Waals surface area contributed by atoms with Gasteiger partial charge < -0.3 is 19.4 Å². The maximum absolute atomic E-state index is 13.7. The first-order chi connectivity index (χ1) is 16.0. The number of thioether (sulfide) groups is 1. The summed E-state index contributed by atoms with van der Waals surface area (Å²) in [4.78, 5) is 28.8. The molecule has 3 heterocycles. The molecule has 1 atom stereocenters. The number of carbonyl (C=O) groups is 2. The van der Waals surface area contributed by atoms with E-state index in [4.69, 9.17) is 9.47 Å². The van der Waals surface area contributed by atoms with E-state index in [-0.39, 0.29) is 24.4 Å². The number of aromatic nitrogens is 1. The van der Waals surface area contributed by atoms with Crippen molar-refractivity contribution in [3.8, 4) is 11.5 Å². The average molecular weight is 466 g/mol. The minimum absolute atomic E-state index is 0.122. The largest absolute Gasteiger partial charge is 0.454 e. The van der Waals surface area contributed by atoms with E-state index in [0.29, 0.717) is 29.6 Å². The normalized spacial score (nSPS) is 17.4. The van der Waals surface area contributed by atoms with E-state index >= 15 is 0 Å². The lowest BCUT2D eigenvalue weighted by molar-refractivity contribution is -0.125. The maximum atomic E-state index is 13.7. The zero-order valence-electron chi connectivity index (χ0n) is 19.0. The van der Waals surface area contributed by atoms with Gasteiger partial charge in [-0.05, 0) is 30.5 Å². The summed E-state index contributed by atoms with van der Waals surface area (Å²) in [7, 11) is 1.99. The monoisotopic (exact) mass is 465 g/mol. The SMILES string of the molecule is CC(C)CCNC(=O)[C@@H]1c2c(n(C)c3ccccc23)SCC(=O)N1c1ccc2c(c1)OCO2. The molecule has 7 nitrogen and oxygen atoms in total. The molecule has 0 fully saturated rings. The molecule has 0 spiro atoms. The van der Waals surface area contributed by atoms with Crippen molar-refractivity contribution >= 4 is 40.2 Å². The van der Waals surface area contributed by atoms with Crippen molar-refractivity contribution in [3.63, 3.8) is 0 Å². The van der Waals surface area contributed by atoms with Gasteiger partial charge in [0.15, 0.2) is 11.5 Å². The summed E-state index contributed by atoms with van der Waals surface area (Å²) in [5.41, 5.74) is 2.52. The van der Waals surface area contributed by atoms with E-state index in [0.717, 1.165) is 27.9 Å². The number of benzene rings is 2. The Labute approximate surface area is 197 Å². The van der Waals surface area contributed by atoms with Gasteiger partial charge in [0.25, 0.3) is 0 Å². The third-order valence-corrected chi connectivity index (χ3v) is 7.29. The number of hydrogen-bond acceptors (Lipinski definition) is 5. The molecule has 2 amide bonds. The molecule has 1 N–H and O–H groups in total. The Morgan fingerprint density at radius 1 is 1.18 bits per heavy atom. The number of anilines is 1. The smallest absolute Gasteiger partial charge is 0.247 e. The lowest BCUT2D eigenvalue weighted by Crippen LogP contribution is -2.44. The number of hydrogen-bond donors (Lipinski definition) is 1. The molecule has 1 aromatic heterocycles. The number of nitrogens with zero attached hydrogens (tertiary/aromatic N) is 2. The summed E-state index contributed by atoms with van der Waals surface area (Å²) in [6, 6.07) is 12.6. The van der Waals surface area contributed by atoms with Crippen LogP contribution in [0.2, 0.25) is 0 Å². The fourth-order valence-electron chi connectivity index (χ4n) is 4.47. The quantitative estimate of drug-likeness (QED) is 0.610. The van der Waals surface area contributed by atoms with Gasteiger partial charge in [-0.2, -0.15) is 0 Å². The molecule has 5 rings (SSSR count). The predicted molar refractivity (Wildman–Crippen MR) is 129 cm³/mol. The highest BCUT2D eigenvalue weighted by Crippen LogP contribution is 2.45. The van der Waals surface area contributed by atoms with E-state index in [2.05, 4.69) is 23.7 Å². The van der Waals surface area contributed by atoms with E-state index in [1.807, 2.05) is 37.4 Å². The first-order valence-electron chi connectivity index (χ1n) is 11.1. The van der Waals surface area contributed by atoms with Crippen molar-refractivity contribution in [3.05, 3.63) is 48.0 Å². The summed E-state index contributed by atoms with van der Waals surface area (Å²) in [5.74, 6) is 1.62. The van der Waals surface area contributed by atoms with Crippen LogP contribution < -0.4 is 19.7 Å². The van der Waals surface area contributed by atoms with Crippen LogP contribution in [0.5, 0.6) is 11.5 Å². The second-order valence-electron chi connectivity index (χ2n) is 8.76. The fourth-order valence-corrected chi connectivity index (χ4v) is 5.54. The van der Waals surface area contributed by atoms with E-state index in [1.165, 1.54) is 11.8 Å². The van der Waals surface area contributed by atoms with Gasteiger partial charge >= 0.3 is 0 Å². The zero-order chi connectivity index (χ0) is 23.1. The molecular formula is C25H27N3O4S.